The number of hydrogen-bond donors (Lipinski definition) is 1. The first kappa shape index (κ1) is 15.8. The van der Waals surface area contributed by atoms with Crippen molar-refractivity contribution < 1.29 is 14.3 Å². The molecule has 116 valence electrons. The third kappa shape index (κ3) is 3.38. The molecule has 0 amide bonds. The number of aryl methyl sites for hydroxylation is 1. The van der Waals surface area contributed by atoms with E-state index in [4.69, 9.17) is 15.2 Å². The fraction of sp³-hybridized carbons (Fsp3) is 0.588. The highest BCUT2D eigenvalue weighted by Crippen LogP contribution is 2.39. The molecule has 2 rings (SSSR count). The summed E-state index contributed by atoms with van der Waals surface area (Å²) in [6.45, 7) is 6.56. The number of benzene rings is 1. The first-order chi connectivity index (χ1) is 9.88. The van der Waals surface area contributed by atoms with E-state index in [9.17, 15) is 4.79 Å². The zero-order valence-corrected chi connectivity index (χ0v) is 13.3. The van der Waals surface area contributed by atoms with Crippen LogP contribution >= 0.6 is 0 Å². The summed E-state index contributed by atoms with van der Waals surface area (Å²) in [7, 11) is 1.37. The molecule has 1 aromatic carbocycles. The smallest absolute Gasteiger partial charge is 0.329 e. The van der Waals surface area contributed by atoms with Gasteiger partial charge in [-0.05, 0) is 54.9 Å². The van der Waals surface area contributed by atoms with E-state index in [1.165, 1.54) is 18.2 Å². The summed E-state index contributed by atoms with van der Waals surface area (Å²) in [6.07, 6.45) is 1.92. The van der Waals surface area contributed by atoms with Crippen LogP contribution in [0.2, 0.25) is 0 Å². The molecule has 1 aromatic rings. The number of nitrogens with two attached hydrogens (primary N) is 1. The predicted octanol–water partition coefficient (Wildman–Crippen LogP) is 2.78. The molecule has 0 bridgehead atoms. The van der Waals surface area contributed by atoms with Crippen molar-refractivity contribution in [3.05, 3.63) is 29.3 Å². The van der Waals surface area contributed by atoms with E-state index >= 15 is 0 Å². The number of rotatable bonds is 6. The summed E-state index contributed by atoms with van der Waals surface area (Å²) < 4.78 is 10.6. The third-order valence-corrected chi connectivity index (χ3v) is 4.21. The lowest BCUT2D eigenvalue weighted by atomic mass is 9.95. The first-order valence-electron chi connectivity index (χ1n) is 7.49. The highest BCUT2D eigenvalue weighted by Gasteiger charge is 2.49. The second-order valence-electron chi connectivity index (χ2n) is 6.27. The Kier molecular flexibility index (Phi) is 4.57. The molecule has 4 heteroatoms. The molecule has 0 aliphatic heterocycles. The molecule has 1 fully saturated rings. The van der Waals surface area contributed by atoms with Crippen molar-refractivity contribution in [1.82, 2.24) is 0 Å². The second kappa shape index (κ2) is 6.06. The molecule has 0 spiro atoms. The van der Waals surface area contributed by atoms with Crippen molar-refractivity contribution in [2.45, 2.75) is 45.1 Å². The van der Waals surface area contributed by atoms with Gasteiger partial charge in [0.25, 0.3) is 0 Å². The quantitative estimate of drug-likeness (QED) is 0.819. The van der Waals surface area contributed by atoms with Crippen LogP contribution in [-0.4, -0.2) is 25.2 Å². The van der Waals surface area contributed by atoms with Crippen LogP contribution in [0.15, 0.2) is 18.2 Å². The highest BCUT2D eigenvalue weighted by atomic mass is 16.5. The van der Waals surface area contributed by atoms with Gasteiger partial charge in [0.2, 0.25) is 0 Å². The molecule has 4 nitrogen and oxygen atoms in total. The molecule has 0 radical (unpaired) electrons. The molecule has 2 N–H and O–H groups in total. The molecule has 21 heavy (non-hydrogen) atoms. The minimum Gasteiger partial charge on any atom is -0.491 e. The van der Waals surface area contributed by atoms with Crippen molar-refractivity contribution in [3.8, 4) is 5.75 Å². The Bertz CT molecular complexity index is 523. The summed E-state index contributed by atoms with van der Waals surface area (Å²) in [5.74, 6) is 1.01. The van der Waals surface area contributed by atoms with Gasteiger partial charge in [-0.2, -0.15) is 0 Å². The van der Waals surface area contributed by atoms with Crippen molar-refractivity contribution in [1.29, 1.82) is 0 Å². The van der Waals surface area contributed by atoms with E-state index in [1.807, 2.05) is 12.1 Å². The lowest BCUT2D eigenvalue weighted by Gasteiger charge is -2.26. The zero-order chi connectivity index (χ0) is 15.6. The van der Waals surface area contributed by atoms with Gasteiger partial charge >= 0.3 is 5.97 Å². The monoisotopic (exact) mass is 291 g/mol. The van der Waals surface area contributed by atoms with Gasteiger partial charge in [-0.25, -0.2) is 4.79 Å². The van der Waals surface area contributed by atoms with Crippen molar-refractivity contribution in [2.24, 2.45) is 11.7 Å². The third-order valence-electron chi connectivity index (χ3n) is 4.21. The maximum absolute atomic E-state index is 11.9. The fourth-order valence-electron chi connectivity index (χ4n) is 2.72. The van der Waals surface area contributed by atoms with Crippen LogP contribution in [0.3, 0.4) is 0 Å². The molecule has 1 saturated carbocycles. The SMILES string of the molecule is COC(=O)C(N)(COc1ccc(C(C)C)c(C)c1)C1CC1. The maximum Gasteiger partial charge on any atom is 0.329 e. The Morgan fingerprint density at radius 3 is 2.57 bits per heavy atom. The Morgan fingerprint density at radius 1 is 1.43 bits per heavy atom. The Labute approximate surface area is 126 Å². The van der Waals surface area contributed by atoms with E-state index in [-0.39, 0.29) is 18.5 Å². The first-order valence-corrected chi connectivity index (χ1v) is 7.49. The number of carbonyl (C=O) groups excluding carboxylic acids is 1. The van der Waals surface area contributed by atoms with E-state index in [0.29, 0.717) is 5.92 Å². The van der Waals surface area contributed by atoms with E-state index in [1.54, 1.807) is 0 Å². The Hall–Kier alpha value is -1.55. The van der Waals surface area contributed by atoms with E-state index in [0.717, 1.165) is 18.6 Å². The molecule has 0 heterocycles. The van der Waals surface area contributed by atoms with Crippen LogP contribution in [0.4, 0.5) is 0 Å². The molecule has 0 saturated heterocycles. The van der Waals surface area contributed by atoms with Gasteiger partial charge in [-0.1, -0.05) is 19.9 Å². The summed E-state index contributed by atoms with van der Waals surface area (Å²) >= 11 is 0. The maximum atomic E-state index is 11.9. The zero-order valence-electron chi connectivity index (χ0n) is 13.3. The van der Waals surface area contributed by atoms with Gasteiger partial charge in [0.15, 0.2) is 5.54 Å². The molecule has 1 aliphatic carbocycles. The fourth-order valence-corrected chi connectivity index (χ4v) is 2.72. The van der Waals surface area contributed by atoms with Gasteiger partial charge in [0.1, 0.15) is 12.4 Å². The number of ether oxygens (including phenoxy) is 2. The number of carbonyl (C=O) groups is 1. The summed E-state index contributed by atoms with van der Waals surface area (Å²) in [4.78, 5) is 11.9. The van der Waals surface area contributed by atoms with Crippen LogP contribution in [0.5, 0.6) is 5.75 Å². The number of hydrogen-bond acceptors (Lipinski definition) is 4. The second-order valence-corrected chi connectivity index (χ2v) is 6.27. The van der Waals surface area contributed by atoms with Gasteiger partial charge in [-0.15, -0.1) is 0 Å². The van der Waals surface area contributed by atoms with Crippen LogP contribution in [0.25, 0.3) is 0 Å². The van der Waals surface area contributed by atoms with Crippen molar-refractivity contribution in [3.63, 3.8) is 0 Å². The van der Waals surface area contributed by atoms with Crippen LogP contribution in [0.1, 0.15) is 43.7 Å². The number of methoxy groups -OCH3 is 1. The van der Waals surface area contributed by atoms with Crippen LogP contribution in [0, 0.1) is 12.8 Å². The van der Waals surface area contributed by atoms with Crippen molar-refractivity contribution >= 4 is 5.97 Å². The number of esters is 1. The molecular formula is C17H25NO3. The summed E-state index contributed by atoms with van der Waals surface area (Å²) in [5.41, 5.74) is 7.69. The van der Waals surface area contributed by atoms with Crippen LogP contribution in [-0.2, 0) is 9.53 Å². The standard InChI is InChI=1S/C17H25NO3/c1-11(2)15-8-7-14(9-12(15)3)21-10-17(18,13-5-6-13)16(19)20-4/h7-9,11,13H,5-6,10,18H2,1-4H3. The largest absolute Gasteiger partial charge is 0.491 e. The molecule has 1 atom stereocenters. The van der Waals surface area contributed by atoms with Crippen molar-refractivity contribution in [2.75, 3.05) is 13.7 Å². The van der Waals surface area contributed by atoms with Gasteiger partial charge in [-0.3, -0.25) is 0 Å². The molecule has 0 aromatic heterocycles. The van der Waals surface area contributed by atoms with Gasteiger partial charge in [0.05, 0.1) is 7.11 Å². The van der Waals surface area contributed by atoms with E-state index < -0.39 is 5.54 Å². The minimum absolute atomic E-state index is 0.158. The Morgan fingerprint density at radius 2 is 2.10 bits per heavy atom. The predicted molar refractivity (Wildman–Crippen MR) is 82.4 cm³/mol. The summed E-state index contributed by atoms with van der Waals surface area (Å²) in [5, 5.41) is 0. The highest BCUT2D eigenvalue weighted by molar-refractivity contribution is 5.81. The molecule has 1 aliphatic rings. The lowest BCUT2D eigenvalue weighted by Crippen LogP contribution is -2.55. The summed E-state index contributed by atoms with van der Waals surface area (Å²) in [6, 6.07) is 6.01. The van der Waals surface area contributed by atoms with Crippen LogP contribution < -0.4 is 10.5 Å². The molecular weight excluding hydrogens is 266 g/mol. The minimum atomic E-state index is -1.03. The van der Waals surface area contributed by atoms with Gasteiger partial charge in [0, 0.05) is 0 Å². The topological polar surface area (TPSA) is 61.5 Å². The van der Waals surface area contributed by atoms with E-state index in [2.05, 4.69) is 26.8 Å². The molecule has 1 unspecified atom stereocenters. The Balaban J connectivity index is 2.08. The lowest BCUT2D eigenvalue weighted by molar-refractivity contribution is -0.149. The van der Waals surface area contributed by atoms with Gasteiger partial charge < -0.3 is 15.2 Å². The average Bonchev–Trinajstić information content (AvgIpc) is 3.28. The average molecular weight is 291 g/mol. The normalized spacial score (nSPS) is 17.4.